The van der Waals surface area contributed by atoms with E-state index in [1.165, 1.54) is 29.5 Å². The lowest BCUT2D eigenvalue weighted by Crippen LogP contribution is -2.06. The van der Waals surface area contributed by atoms with Crippen molar-refractivity contribution in [3.8, 4) is 0 Å². The summed E-state index contributed by atoms with van der Waals surface area (Å²) in [6, 6.07) is 6.77. The lowest BCUT2D eigenvalue weighted by molar-refractivity contribution is 0.578. The maximum atomic E-state index is 5.98. The average Bonchev–Trinajstić information content (AvgIpc) is 2.93. The van der Waals surface area contributed by atoms with Gasteiger partial charge in [-0.15, -0.1) is 11.6 Å². The van der Waals surface area contributed by atoms with Crippen molar-refractivity contribution in [2.75, 3.05) is 5.88 Å². The van der Waals surface area contributed by atoms with Crippen LogP contribution in [0, 0.1) is 19.3 Å². The molecule has 1 aromatic rings. The molecule has 0 atom stereocenters. The zero-order valence-electron chi connectivity index (χ0n) is 8.94. The smallest absolute Gasteiger partial charge is 0.0283 e. The first kappa shape index (κ1) is 10.0. The van der Waals surface area contributed by atoms with Crippen LogP contribution in [-0.2, 0) is 6.42 Å². The van der Waals surface area contributed by atoms with Crippen LogP contribution < -0.4 is 0 Å². The second kappa shape index (κ2) is 3.58. The molecule has 0 nitrogen and oxygen atoms in total. The highest BCUT2D eigenvalue weighted by Crippen LogP contribution is 2.49. The summed E-state index contributed by atoms with van der Waals surface area (Å²) in [5.74, 6) is 0.819. The number of rotatable bonds is 3. The van der Waals surface area contributed by atoms with Crippen LogP contribution >= 0.6 is 11.6 Å². The van der Waals surface area contributed by atoms with Crippen molar-refractivity contribution in [1.29, 1.82) is 0 Å². The molecule has 76 valence electrons. The summed E-state index contributed by atoms with van der Waals surface area (Å²) >= 11 is 5.98. The molecule has 0 amide bonds. The van der Waals surface area contributed by atoms with Crippen LogP contribution in [0.15, 0.2) is 18.2 Å². The van der Waals surface area contributed by atoms with Crippen molar-refractivity contribution >= 4 is 11.6 Å². The van der Waals surface area contributed by atoms with Crippen molar-refractivity contribution in [2.24, 2.45) is 5.41 Å². The van der Waals surface area contributed by atoms with Gasteiger partial charge >= 0.3 is 0 Å². The molecule has 1 fully saturated rings. The molecule has 0 radical (unpaired) electrons. The van der Waals surface area contributed by atoms with Crippen LogP contribution in [0.4, 0.5) is 0 Å². The fourth-order valence-corrected chi connectivity index (χ4v) is 2.24. The fraction of sp³-hybridized carbons (Fsp3) is 0.538. The van der Waals surface area contributed by atoms with E-state index in [4.69, 9.17) is 11.6 Å². The van der Waals surface area contributed by atoms with Gasteiger partial charge in [0.15, 0.2) is 0 Å². The maximum Gasteiger partial charge on any atom is 0.0283 e. The molecule has 0 bridgehead atoms. The summed E-state index contributed by atoms with van der Waals surface area (Å²) in [6.07, 6.45) is 3.78. The normalized spacial score (nSPS) is 18.2. The standard InChI is InChI=1S/C13H17Cl/c1-10-3-4-12(7-11(10)2)8-13(9-14)5-6-13/h3-4,7H,5-6,8-9H2,1-2H3. The zero-order valence-corrected chi connectivity index (χ0v) is 9.69. The highest BCUT2D eigenvalue weighted by atomic mass is 35.5. The van der Waals surface area contributed by atoms with Crippen LogP contribution in [0.1, 0.15) is 29.5 Å². The summed E-state index contributed by atoms with van der Waals surface area (Å²) in [5, 5.41) is 0. The third kappa shape index (κ3) is 1.95. The summed E-state index contributed by atoms with van der Waals surface area (Å²) in [5.41, 5.74) is 4.67. The highest BCUT2D eigenvalue weighted by Gasteiger charge is 2.41. The number of aryl methyl sites for hydroxylation is 2. The van der Waals surface area contributed by atoms with E-state index in [0.717, 1.165) is 12.3 Å². The minimum atomic E-state index is 0.448. The van der Waals surface area contributed by atoms with Gasteiger partial charge in [-0.2, -0.15) is 0 Å². The Hall–Kier alpha value is -0.490. The Morgan fingerprint density at radius 3 is 2.43 bits per heavy atom. The van der Waals surface area contributed by atoms with Crippen molar-refractivity contribution in [3.63, 3.8) is 0 Å². The molecule has 0 spiro atoms. The lowest BCUT2D eigenvalue weighted by Gasteiger charge is -2.12. The topological polar surface area (TPSA) is 0 Å². The van der Waals surface area contributed by atoms with Crippen molar-refractivity contribution in [2.45, 2.75) is 33.1 Å². The van der Waals surface area contributed by atoms with Crippen LogP contribution in [0.5, 0.6) is 0 Å². The molecule has 0 saturated heterocycles. The van der Waals surface area contributed by atoms with Crippen molar-refractivity contribution in [3.05, 3.63) is 34.9 Å². The number of hydrogen-bond acceptors (Lipinski definition) is 0. The van der Waals surface area contributed by atoms with Gasteiger partial charge in [0.25, 0.3) is 0 Å². The predicted octanol–water partition coefficient (Wildman–Crippen LogP) is 3.86. The molecule has 2 rings (SSSR count). The van der Waals surface area contributed by atoms with E-state index < -0.39 is 0 Å². The van der Waals surface area contributed by atoms with E-state index in [0.29, 0.717) is 5.41 Å². The van der Waals surface area contributed by atoms with Crippen molar-refractivity contribution in [1.82, 2.24) is 0 Å². The second-order valence-corrected chi connectivity index (χ2v) is 5.00. The highest BCUT2D eigenvalue weighted by molar-refractivity contribution is 6.18. The fourth-order valence-electron chi connectivity index (χ4n) is 1.88. The van der Waals surface area contributed by atoms with Crippen LogP contribution in [0.25, 0.3) is 0 Å². The third-order valence-corrected chi connectivity index (χ3v) is 3.96. The van der Waals surface area contributed by atoms with Gasteiger partial charge < -0.3 is 0 Å². The molecular formula is C13H17Cl. The Balaban J connectivity index is 2.14. The average molecular weight is 209 g/mol. The van der Waals surface area contributed by atoms with Gasteiger partial charge in [-0.3, -0.25) is 0 Å². The molecule has 0 unspecified atom stereocenters. The largest absolute Gasteiger partial charge is 0.126 e. The Morgan fingerprint density at radius 2 is 1.93 bits per heavy atom. The first-order valence-electron chi connectivity index (χ1n) is 5.27. The second-order valence-electron chi connectivity index (χ2n) is 4.73. The Bertz CT molecular complexity index is 337. The van der Waals surface area contributed by atoms with Crippen LogP contribution in [-0.4, -0.2) is 5.88 Å². The number of halogens is 1. The van der Waals surface area contributed by atoms with Gasteiger partial charge in [-0.25, -0.2) is 0 Å². The molecule has 1 aliphatic rings. The van der Waals surface area contributed by atoms with Gasteiger partial charge in [0.2, 0.25) is 0 Å². The first-order valence-corrected chi connectivity index (χ1v) is 5.81. The molecular weight excluding hydrogens is 192 g/mol. The van der Waals surface area contributed by atoms with E-state index in [-0.39, 0.29) is 0 Å². The number of alkyl halides is 1. The Morgan fingerprint density at radius 1 is 1.21 bits per heavy atom. The molecule has 0 heterocycles. The number of benzene rings is 1. The summed E-state index contributed by atoms with van der Waals surface area (Å²) in [7, 11) is 0. The molecule has 1 saturated carbocycles. The van der Waals surface area contributed by atoms with Gasteiger partial charge in [0.1, 0.15) is 0 Å². The van der Waals surface area contributed by atoms with Gasteiger partial charge in [0.05, 0.1) is 0 Å². The monoisotopic (exact) mass is 208 g/mol. The Kier molecular flexibility index (Phi) is 2.57. The van der Waals surface area contributed by atoms with Crippen molar-refractivity contribution < 1.29 is 0 Å². The predicted molar refractivity (Wildman–Crippen MR) is 62.0 cm³/mol. The molecule has 14 heavy (non-hydrogen) atoms. The first-order chi connectivity index (χ1) is 6.65. The van der Waals surface area contributed by atoms with Gasteiger partial charge in [-0.1, -0.05) is 18.2 Å². The third-order valence-electron chi connectivity index (χ3n) is 3.39. The molecule has 1 aromatic carbocycles. The Labute approximate surface area is 91.3 Å². The minimum absolute atomic E-state index is 0.448. The summed E-state index contributed by atoms with van der Waals surface area (Å²) < 4.78 is 0. The van der Waals surface area contributed by atoms with E-state index in [1.54, 1.807) is 0 Å². The SMILES string of the molecule is Cc1ccc(CC2(CCl)CC2)cc1C. The molecule has 1 aliphatic carbocycles. The van der Waals surface area contributed by atoms with E-state index in [1.807, 2.05) is 0 Å². The van der Waals surface area contributed by atoms with Crippen LogP contribution in [0.2, 0.25) is 0 Å². The van der Waals surface area contributed by atoms with Gasteiger partial charge in [-0.05, 0) is 55.2 Å². The summed E-state index contributed by atoms with van der Waals surface area (Å²) in [6.45, 7) is 4.34. The molecule has 0 aliphatic heterocycles. The molecule has 0 N–H and O–H groups in total. The zero-order chi connectivity index (χ0) is 10.2. The number of hydrogen-bond donors (Lipinski definition) is 0. The summed E-state index contributed by atoms with van der Waals surface area (Å²) in [4.78, 5) is 0. The quantitative estimate of drug-likeness (QED) is 0.662. The van der Waals surface area contributed by atoms with E-state index in [9.17, 15) is 0 Å². The molecule has 1 heteroatoms. The van der Waals surface area contributed by atoms with E-state index in [2.05, 4.69) is 32.0 Å². The van der Waals surface area contributed by atoms with Crippen LogP contribution in [0.3, 0.4) is 0 Å². The maximum absolute atomic E-state index is 5.98. The molecule has 0 aromatic heterocycles. The minimum Gasteiger partial charge on any atom is -0.126 e. The lowest BCUT2D eigenvalue weighted by atomic mass is 9.96. The van der Waals surface area contributed by atoms with E-state index >= 15 is 0 Å². The van der Waals surface area contributed by atoms with Gasteiger partial charge in [0, 0.05) is 5.88 Å².